The van der Waals surface area contributed by atoms with Crippen molar-refractivity contribution in [3.63, 3.8) is 0 Å². The Morgan fingerprint density at radius 2 is 2.12 bits per heavy atom. The monoisotopic (exact) mass is 332 g/mol. The molecule has 0 radical (unpaired) electrons. The minimum atomic E-state index is -0.0190. The lowest BCUT2D eigenvalue weighted by molar-refractivity contribution is 0.0666. The van der Waals surface area contributed by atoms with Crippen molar-refractivity contribution in [1.29, 1.82) is 0 Å². The maximum atomic E-state index is 12.6. The summed E-state index contributed by atoms with van der Waals surface area (Å²) < 4.78 is 0. The van der Waals surface area contributed by atoms with E-state index in [0.717, 1.165) is 37.9 Å². The smallest absolute Gasteiger partial charge is 0.274 e. The molecular formula is C20H20N4O. The van der Waals surface area contributed by atoms with Gasteiger partial charge in [-0.1, -0.05) is 18.2 Å². The molecule has 0 bridgehead atoms. The molecule has 1 aliphatic heterocycles. The van der Waals surface area contributed by atoms with E-state index in [2.05, 4.69) is 27.3 Å². The minimum Gasteiger partial charge on any atom is -0.337 e. The number of amides is 1. The summed E-state index contributed by atoms with van der Waals surface area (Å²) in [5.74, 6) is 0.437. The second-order valence-corrected chi connectivity index (χ2v) is 6.61. The van der Waals surface area contributed by atoms with E-state index in [0.29, 0.717) is 11.6 Å². The van der Waals surface area contributed by atoms with Crippen LogP contribution in [-0.4, -0.2) is 39.1 Å². The lowest BCUT2D eigenvalue weighted by Gasteiger charge is -2.32. The van der Waals surface area contributed by atoms with Crippen LogP contribution in [0.3, 0.4) is 0 Å². The number of hydrogen-bond acceptors (Lipinski definition) is 4. The number of hydrogen-bond donors (Lipinski definition) is 0. The Hall–Kier alpha value is -2.82. The molecule has 126 valence electrons. The predicted octanol–water partition coefficient (Wildman–Crippen LogP) is 3.12. The third-order valence-electron chi connectivity index (χ3n) is 4.77. The van der Waals surface area contributed by atoms with Gasteiger partial charge in [0.25, 0.3) is 5.91 Å². The molecule has 5 heteroatoms. The average molecular weight is 332 g/mol. The third kappa shape index (κ3) is 3.50. The molecule has 0 spiro atoms. The molecule has 5 nitrogen and oxygen atoms in total. The van der Waals surface area contributed by atoms with Gasteiger partial charge in [0, 0.05) is 30.9 Å². The maximum Gasteiger partial charge on any atom is 0.274 e. The molecule has 25 heavy (non-hydrogen) atoms. The van der Waals surface area contributed by atoms with E-state index in [1.54, 1.807) is 18.3 Å². The van der Waals surface area contributed by atoms with Gasteiger partial charge in [0.1, 0.15) is 0 Å². The van der Waals surface area contributed by atoms with Crippen molar-refractivity contribution < 1.29 is 4.79 Å². The van der Waals surface area contributed by atoms with Crippen molar-refractivity contribution in [3.05, 3.63) is 66.1 Å². The van der Waals surface area contributed by atoms with Gasteiger partial charge in [-0.2, -0.15) is 5.10 Å². The van der Waals surface area contributed by atoms with Crippen molar-refractivity contribution >= 4 is 16.8 Å². The van der Waals surface area contributed by atoms with Gasteiger partial charge in [-0.25, -0.2) is 0 Å². The molecule has 0 N–H and O–H groups in total. The molecule has 1 saturated heterocycles. The van der Waals surface area contributed by atoms with E-state index < -0.39 is 0 Å². The molecule has 1 fully saturated rings. The van der Waals surface area contributed by atoms with Gasteiger partial charge in [0.2, 0.25) is 0 Å². The van der Waals surface area contributed by atoms with Gasteiger partial charge in [-0.05, 0) is 55.0 Å². The summed E-state index contributed by atoms with van der Waals surface area (Å²) in [6.45, 7) is 1.56. The van der Waals surface area contributed by atoms with Crippen molar-refractivity contribution in [3.8, 4) is 0 Å². The van der Waals surface area contributed by atoms with Crippen LogP contribution in [-0.2, 0) is 6.42 Å². The predicted molar refractivity (Wildman–Crippen MR) is 96.1 cm³/mol. The fourth-order valence-electron chi connectivity index (χ4n) is 3.56. The Morgan fingerprint density at radius 3 is 3.00 bits per heavy atom. The molecule has 1 aliphatic rings. The van der Waals surface area contributed by atoms with Crippen LogP contribution in [0, 0.1) is 5.92 Å². The summed E-state index contributed by atoms with van der Waals surface area (Å²) in [7, 11) is 0. The van der Waals surface area contributed by atoms with E-state index in [-0.39, 0.29) is 5.91 Å². The quantitative estimate of drug-likeness (QED) is 0.739. The van der Waals surface area contributed by atoms with Crippen LogP contribution in [0.1, 0.15) is 28.9 Å². The first-order chi connectivity index (χ1) is 12.3. The van der Waals surface area contributed by atoms with E-state index in [1.807, 2.05) is 29.3 Å². The van der Waals surface area contributed by atoms with Gasteiger partial charge < -0.3 is 4.90 Å². The SMILES string of the molecule is O=C(c1cccnn1)N1CCCC(Cc2cnc3ccccc3c2)C1. The Balaban J connectivity index is 1.46. The highest BCUT2D eigenvalue weighted by molar-refractivity contribution is 5.92. The Morgan fingerprint density at radius 1 is 1.20 bits per heavy atom. The van der Waals surface area contributed by atoms with E-state index in [4.69, 9.17) is 0 Å². The van der Waals surface area contributed by atoms with Gasteiger partial charge >= 0.3 is 0 Å². The van der Waals surface area contributed by atoms with Gasteiger partial charge in [0.15, 0.2) is 5.69 Å². The molecule has 2 aromatic heterocycles. The zero-order valence-electron chi connectivity index (χ0n) is 14.0. The first kappa shape index (κ1) is 15.7. The zero-order chi connectivity index (χ0) is 17.1. The summed E-state index contributed by atoms with van der Waals surface area (Å²) in [5.41, 5.74) is 2.68. The van der Waals surface area contributed by atoms with Crippen LogP contribution in [0.2, 0.25) is 0 Å². The summed E-state index contributed by atoms with van der Waals surface area (Å²) in [4.78, 5) is 19.0. The molecule has 4 rings (SSSR count). The number of aromatic nitrogens is 3. The highest BCUT2D eigenvalue weighted by atomic mass is 16.2. The highest BCUT2D eigenvalue weighted by Gasteiger charge is 2.25. The van der Waals surface area contributed by atoms with Crippen LogP contribution in [0.25, 0.3) is 10.9 Å². The number of pyridine rings is 1. The van der Waals surface area contributed by atoms with E-state index in [1.165, 1.54) is 10.9 Å². The molecule has 1 atom stereocenters. The number of carbonyl (C=O) groups is 1. The first-order valence-electron chi connectivity index (χ1n) is 8.70. The van der Waals surface area contributed by atoms with Crippen LogP contribution in [0.5, 0.6) is 0 Å². The largest absolute Gasteiger partial charge is 0.337 e. The summed E-state index contributed by atoms with van der Waals surface area (Å²) in [6, 6.07) is 13.9. The molecule has 1 aromatic carbocycles. The summed E-state index contributed by atoms with van der Waals surface area (Å²) in [5, 5.41) is 8.93. The van der Waals surface area contributed by atoms with Gasteiger partial charge in [-0.15, -0.1) is 5.10 Å². The molecule has 0 saturated carbocycles. The van der Waals surface area contributed by atoms with E-state index >= 15 is 0 Å². The normalized spacial score (nSPS) is 17.6. The molecule has 3 heterocycles. The number of benzene rings is 1. The summed E-state index contributed by atoms with van der Waals surface area (Å²) >= 11 is 0. The number of piperidine rings is 1. The fourth-order valence-corrected chi connectivity index (χ4v) is 3.56. The lowest BCUT2D eigenvalue weighted by atomic mass is 9.91. The third-order valence-corrected chi connectivity index (χ3v) is 4.77. The molecule has 1 amide bonds. The van der Waals surface area contributed by atoms with Crippen LogP contribution < -0.4 is 0 Å². The van der Waals surface area contributed by atoms with Gasteiger partial charge in [0.05, 0.1) is 5.52 Å². The molecule has 3 aromatic rings. The molecule has 0 aliphatic carbocycles. The van der Waals surface area contributed by atoms with Crippen molar-refractivity contribution in [2.75, 3.05) is 13.1 Å². The van der Waals surface area contributed by atoms with E-state index in [9.17, 15) is 4.79 Å². The maximum absolute atomic E-state index is 12.6. The van der Waals surface area contributed by atoms with Crippen LogP contribution in [0.15, 0.2) is 54.9 Å². The minimum absolute atomic E-state index is 0.0190. The number of para-hydroxylation sites is 1. The topological polar surface area (TPSA) is 59.0 Å². The number of likely N-dealkylation sites (tertiary alicyclic amines) is 1. The highest BCUT2D eigenvalue weighted by Crippen LogP contribution is 2.23. The molecule has 1 unspecified atom stereocenters. The van der Waals surface area contributed by atoms with Crippen molar-refractivity contribution in [2.24, 2.45) is 5.92 Å². The standard InChI is InChI=1S/C20H20N4O/c25-20(19-8-3-9-22-23-19)24-10-4-5-15(14-24)11-16-12-17-6-1-2-7-18(17)21-13-16/h1-3,6-9,12-13,15H,4-5,10-11,14H2. The first-order valence-corrected chi connectivity index (χ1v) is 8.70. The van der Waals surface area contributed by atoms with Gasteiger partial charge in [-0.3, -0.25) is 9.78 Å². The van der Waals surface area contributed by atoms with Crippen molar-refractivity contribution in [2.45, 2.75) is 19.3 Å². The number of fused-ring (bicyclic) bond motifs is 1. The Bertz CT molecular complexity index is 881. The zero-order valence-corrected chi connectivity index (χ0v) is 14.0. The van der Waals surface area contributed by atoms with Crippen LogP contribution >= 0.6 is 0 Å². The summed E-state index contributed by atoms with van der Waals surface area (Å²) in [6.07, 6.45) is 6.66. The lowest BCUT2D eigenvalue weighted by Crippen LogP contribution is -2.40. The number of rotatable bonds is 3. The second-order valence-electron chi connectivity index (χ2n) is 6.61. The number of carbonyl (C=O) groups excluding carboxylic acids is 1. The fraction of sp³-hybridized carbons (Fsp3) is 0.300. The Labute approximate surface area is 146 Å². The second kappa shape index (κ2) is 6.97. The van der Waals surface area contributed by atoms with Crippen molar-refractivity contribution in [1.82, 2.24) is 20.1 Å². The van der Waals surface area contributed by atoms with Crippen LogP contribution in [0.4, 0.5) is 0 Å². The average Bonchev–Trinajstić information content (AvgIpc) is 2.68. The Kier molecular flexibility index (Phi) is 4.37. The molecular weight excluding hydrogens is 312 g/mol. The number of nitrogens with zero attached hydrogens (tertiary/aromatic N) is 4.